The van der Waals surface area contributed by atoms with Crippen molar-refractivity contribution >= 4 is 29.9 Å². The topological polar surface area (TPSA) is 157 Å². The van der Waals surface area contributed by atoms with Crippen LogP contribution in [0.2, 0.25) is 0 Å². The number of ether oxygens (including phenoxy) is 3. The zero-order valence-electron chi connectivity index (χ0n) is 19.9. The lowest BCUT2D eigenvalue weighted by Crippen LogP contribution is -2.56. The molecular weight excluding hydrogens is 448 g/mol. The zero-order chi connectivity index (χ0) is 25.8. The van der Waals surface area contributed by atoms with Crippen molar-refractivity contribution in [2.24, 2.45) is 17.8 Å². The molecule has 34 heavy (non-hydrogen) atoms. The Balaban J connectivity index is 2.97. The number of esters is 2. The Hall–Kier alpha value is -3.63. The molecule has 11 heteroatoms. The van der Waals surface area contributed by atoms with Crippen molar-refractivity contribution in [3.05, 3.63) is 35.9 Å². The SMILES string of the molecule is COC(=O)C(C(=O)OC)[C@H](C)[C@@H](NC(=O)[C@H](CC(C)C)NC(=O)OCc1ccccc1)C(=O)O. The molecule has 1 rings (SSSR count). The van der Waals surface area contributed by atoms with Gasteiger partial charge in [-0.3, -0.25) is 14.4 Å². The maximum atomic E-state index is 12.9. The number of carboxylic acids is 1. The Labute approximate surface area is 198 Å². The first-order valence-electron chi connectivity index (χ1n) is 10.7. The summed E-state index contributed by atoms with van der Waals surface area (Å²) < 4.78 is 14.3. The van der Waals surface area contributed by atoms with Gasteiger partial charge in [-0.25, -0.2) is 9.59 Å². The predicted octanol–water partition coefficient (Wildman–Crippen LogP) is 1.50. The van der Waals surface area contributed by atoms with E-state index in [9.17, 15) is 29.1 Å². The zero-order valence-corrected chi connectivity index (χ0v) is 19.9. The summed E-state index contributed by atoms with van der Waals surface area (Å²) in [5, 5.41) is 14.4. The molecule has 0 spiro atoms. The Morgan fingerprint density at radius 2 is 1.47 bits per heavy atom. The molecule has 0 heterocycles. The van der Waals surface area contributed by atoms with Crippen LogP contribution >= 0.6 is 0 Å². The van der Waals surface area contributed by atoms with Gasteiger partial charge in [0.05, 0.1) is 14.2 Å². The van der Waals surface area contributed by atoms with E-state index in [-0.39, 0.29) is 18.9 Å². The minimum absolute atomic E-state index is 0.0165. The van der Waals surface area contributed by atoms with Crippen molar-refractivity contribution in [1.29, 1.82) is 0 Å². The maximum Gasteiger partial charge on any atom is 0.408 e. The van der Waals surface area contributed by atoms with Gasteiger partial charge in [0.25, 0.3) is 0 Å². The summed E-state index contributed by atoms with van der Waals surface area (Å²) in [6.45, 7) is 4.92. The first kappa shape index (κ1) is 28.4. The molecular formula is C23H32N2O9. The van der Waals surface area contributed by atoms with Crippen molar-refractivity contribution in [3.63, 3.8) is 0 Å². The molecule has 3 atom stereocenters. The monoisotopic (exact) mass is 480 g/mol. The first-order chi connectivity index (χ1) is 16.0. The summed E-state index contributed by atoms with van der Waals surface area (Å²) in [6, 6.07) is 6.16. The summed E-state index contributed by atoms with van der Waals surface area (Å²) in [4.78, 5) is 61.3. The molecule has 0 radical (unpaired) electrons. The van der Waals surface area contributed by atoms with Crippen LogP contribution in [-0.4, -0.2) is 61.3 Å². The highest BCUT2D eigenvalue weighted by Gasteiger charge is 2.42. The molecule has 0 unspecified atom stereocenters. The number of carbonyl (C=O) groups is 5. The average Bonchev–Trinajstić information content (AvgIpc) is 2.80. The molecule has 0 aliphatic rings. The summed E-state index contributed by atoms with van der Waals surface area (Å²) in [5.41, 5.74) is 0.749. The van der Waals surface area contributed by atoms with E-state index >= 15 is 0 Å². The van der Waals surface area contributed by atoms with E-state index in [4.69, 9.17) is 4.74 Å². The van der Waals surface area contributed by atoms with E-state index in [1.54, 1.807) is 24.3 Å². The number of hydrogen-bond donors (Lipinski definition) is 3. The number of hydrogen-bond acceptors (Lipinski definition) is 8. The Kier molecular flexibility index (Phi) is 11.5. The highest BCUT2D eigenvalue weighted by Crippen LogP contribution is 2.20. The molecule has 188 valence electrons. The second-order valence-corrected chi connectivity index (χ2v) is 8.10. The first-order valence-corrected chi connectivity index (χ1v) is 10.7. The van der Waals surface area contributed by atoms with Crippen LogP contribution in [0.1, 0.15) is 32.8 Å². The maximum absolute atomic E-state index is 12.9. The number of rotatable bonds is 12. The predicted molar refractivity (Wildman–Crippen MR) is 119 cm³/mol. The summed E-state index contributed by atoms with van der Waals surface area (Å²) in [5.74, 6) is -7.12. The highest BCUT2D eigenvalue weighted by atomic mass is 16.6. The summed E-state index contributed by atoms with van der Waals surface area (Å²) in [7, 11) is 2.09. The number of carbonyl (C=O) groups excluding carboxylic acids is 4. The van der Waals surface area contributed by atoms with Crippen LogP contribution in [0.5, 0.6) is 0 Å². The van der Waals surface area contributed by atoms with Crippen LogP contribution in [0.15, 0.2) is 30.3 Å². The normalized spacial score (nSPS) is 13.4. The Morgan fingerprint density at radius 1 is 0.912 bits per heavy atom. The van der Waals surface area contributed by atoms with Crippen molar-refractivity contribution in [2.75, 3.05) is 14.2 Å². The fourth-order valence-electron chi connectivity index (χ4n) is 3.25. The third kappa shape index (κ3) is 8.72. The van der Waals surface area contributed by atoms with Crippen molar-refractivity contribution in [2.45, 2.75) is 45.9 Å². The molecule has 11 nitrogen and oxygen atoms in total. The van der Waals surface area contributed by atoms with Gasteiger partial charge in [0, 0.05) is 5.92 Å². The van der Waals surface area contributed by atoms with Crippen LogP contribution < -0.4 is 10.6 Å². The number of carboxylic acid groups (broad SMARTS) is 1. The molecule has 0 fully saturated rings. The second kappa shape index (κ2) is 13.8. The number of nitrogens with one attached hydrogen (secondary N) is 2. The summed E-state index contributed by atoms with van der Waals surface area (Å²) >= 11 is 0. The number of benzene rings is 1. The number of methoxy groups -OCH3 is 2. The fourth-order valence-corrected chi connectivity index (χ4v) is 3.25. The lowest BCUT2D eigenvalue weighted by atomic mass is 9.87. The van der Waals surface area contributed by atoms with E-state index in [1.807, 2.05) is 19.9 Å². The molecule has 1 aromatic rings. The average molecular weight is 481 g/mol. The molecule has 3 N–H and O–H groups in total. The highest BCUT2D eigenvalue weighted by molar-refractivity contribution is 5.96. The molecule has 2 amide bonds. The molecule has 1 aromatic carbocycles. The molecule has 0 bridgehead atoms. The Bertz CT molecular complexity index is 841. The van der Waals surface area contributed by atoms with Gasteiger partial charge in [-0.2, -0.15) is 0 Å². The van der Waals surface area contributed by atoms with Gasteiger partial charge in [-0.05, 0) is 17.9 Å². The quantitative estimate of drug-likeness (QED) is 0.229. The number of amides is 2. The van der Waals surface area contributed by atoms with E-state index in [2.05, 4.69) is 20.1 Å². The molecule has 0 aliphatic heterocycles. The van der Waals surface area contributed by atoms with E-state index in [0.29, 0.717) is 0 Å². The Morgan fingerprint density at radius 3 is 1.94 bits per heavy atom. The second-order valence-electron chi connectivity index (χ2n) is 8.10. The van der Waals surface area contributed by atoms with Crippen LogP contribution in [-0.2, 0) is 40.0 Å². The fraction of sp³-hybridized carbons (Fsp3) is 0.522. The number of alkyl carbamates (subject to hydrolysis) is 1. The van der Waals surface area contributed by atoms with Crippen LogP contribution in [0.3, 0.4) is 0 Å². The van der Waals surface area contributed by atoms with Gasteiger partial charge < -0.3 is 30.0 Å². The third-order valence-electron chi connectivity index (χ3n) is 5.05. The van der Waals surface area contributed by atoms with E-state index in [1.165, 1.54) is 6.92 Å². The van der Waals surface area contributed by atoms with Crippen molar-refractivity contribution in [3.8, 4) is 0 Å². The van der Waals surface area contributed by atoms with Gasteiger partial charge in [-0.15, -0.1) is 0 Å². The minimum atomic E-state index is -1.65. The van der Waals surface area contributed by atoms with Gasteiger partial charge in [-0.1, -0.05) is 51.1 Å². The summed E-state index contributed by atoms with van der Waals surface area (Å²) in [6.07, 6.45) is -0.670. The lowest BCUT2D eigenvalue weighted by Gasteiger charge is -2.28. The molecule has 0 saturated heterocycles. The molecule has 0 aromatic heterocycles. The van der Waals surface area contributed by atoms with Gasteiger partial charge in [0.2, 0.25) is 5.91 Å². The smallest absolute Gasteiger partial charge is 0.408 e. The van der Waals surface area contributed by atoms with Gasteiger partial charge in [0.15, 0.2) is 5.92 Å². The largest absolute Gasteiger partial charge is 0.480 e. The van der Waals surface area contributed by atoms with Crippen LogP contribution in [0, 0.1) is 17.8 Å². The van der Waals surface area contributed by atoms with Crippen molar-refractivity contribution in [1.82, 2.24) is 10.6 Å². The van der Waals surface area contributed by atoms with Crippen LogP contribution in [0.25, 0.3) is 0 Å². The lowest BCUT2D eigenvalue weighted by molar-refractivity contribution is -0.163. The van der Waals surface area contributed by atoms with E-state index in [0.717, 1.165) is 19.8 Å². The van der Waals surface area contributed by atoms with Gasteiger partial charge in [0.1, 0.15) is 18.7 Å². The van der Waals surface area contributed by atoms with Crippen molar-refractivity contribution < 1.29 is 43.3 Å². The minimum Gasteiger partial charge on any atom is -0.480 e. The van der Waals surface area contributed by atoms with Crippen LogP contribution in [0.4, 0.5) is 4.79 Å². The molecule has 0 aliphatic carbocycles. The van der Waals surface area contributed by atoms with E-state index < -0.39 is 53.8 Å². The van der Waals surface area contributed by atoms with Gasteiger partial charge >= 0.3 is 24.0 Å². The number of aliphatic carboxylic acids is 1. The third-order valence-corrected chi connectivity index (χ3v) is 5.05. The standard InChI is InChI=1S/C23H32N2O9/c1-13(2)11-16(24-23(31)34-12-15-9-7-6-8-10-15)19(26)25-18(20(27)28)14(3)17(21(29)32-4)22(30)33-5/h6-10,13-14,16-18H,11-12H2,1-5H3,(H,24,31)(H,25,26)(H,27,28)/t14-,16-,18+/m0/s1. The molecule has 0 saturated carbocycles.